The first-order chi connectivity index (χ1) is 9.63. The molecule has 0 aromatic heterocycles. The number of carbonyl (C=O) groups is 1. The van der Waals surface area contributed by atoms with E-state index in [0.29, 0.717) is 17.1 Å². The third-order valence-electron chi connectivity index (χ3n) is 2.66. The van der Waals surface area contributed by atoms with Crippen LogP contribution in [0.3, 0.4) is 0 Å². The molecule has 0 aliphatic heterocycles. The van der Waals surface area contributed by atoms with Gasteiger partial charge in [0.1, 0.15) is 5.82 Å². The van der Waals surface area contributed by atoms with E-state index in [-0.39, 0.29) is 11.7 Å². The van der Waals surface area contributed by atoms with Crippen molar-refractivity contribution >= 4 is 23.6 Å². The van der Waals surface area contributed by atoms with Gasteiger partial charge in [-0.25, -0.2) is 4.39 Å². The summed E-state index contributed by atoms with van der Waals surface area (Å²) in [6, 6.07) is 13.3. The van der Waals surface area contributed by atoms with E-state index in [1.165, 1.54) is 18.2 Å². The highest BCUT2D eigenvalue weighted by atomic mass is 35.5. The molecule has 2 aromatic carbocycles. The summed E-state index contributed by atoms with van der Waals surface area (Å²) in [5.41, 5.74) is 1.61. The zero-order valence-corrected chi connectivity index (χ0v) is 11.4. The zero-order valence-electron chi connectivity index (χ0n) is 10.6. The van der Waals surface area contributed by atoms with Crippen LogP contribution in [-0.2, 0) is 11.3 Å². The molecular formula is C16H13ClFNO. The number of carbonyl (C=O) groups excluding carboxylic acids is 1. The molecule has 0 saturated carbocycles. The van der Waals surface area contributed by atoms with Crippen LogP contribution in [0.4, 0.5) is 4.39 Å². The molecule has 2 aromatic rings. The van der Waals surface area contributed by atoms with Crippen molar-refractivity contribution in [1.82, 2.24) is 5.32 Å². The van der Waals surface area contributed by atoms with Crippen molar-refractivity contribution in [1.29, 1.82) is 0 Å². The minimum absolute atomic E-state index is 0.232. The number of hydrogen-bond acceptors (Lipinski definition) is 1. The second-order valence-corrected chi connectivity index (χ2v) is 4.67. The van der Waals surface area contributed by atoms with Gasteiger partial charge >= 0.3 is 0 Å². The van der Waals surface area contributed by atoms with Crippen LogP contribution in [0.15, 0.2) is 54.6 Å². The van der Waals surface area contributed by atoms with E-state index in [9.17, 15) is 9.18 Å². The van der Waals surface area contributed by atoms with Gasteiger partial charge in [-0.3, -0.25) is 4.79 Å². The van der Waals surface area contributed by atoms with Crippen molar-refractivity contribution in [3.05, 3.63) is 76.6 Å². The second kappa shape index (κ2) is 6.87. The Labute approximate surface area is 121 Å². The lowest BCUT2D eigenvalue weighted by Crippen LogP contribution is -2.20. The average molecular weight is 290 g/mol. The smallest absolute Gasteiger partial charge is 0.244 e. The summed E-state index contributed by atoms with van der Waals surface area (Å²) in [5, 5.41) is 3.40. The Balaban J connectivity index is 1.88. The number of halogens is 2. The summed E-state index contributed by atoms with van der Waals surface area (Å²) in [6.07, 6.45) is 2.95. The Kier molecular flexibility index (Phi) is 4.91. The maximum Gasteiger partial charge on any atom is 0.244 e. The molecule has 2 nitrogen and oxygen atoms in total. The maximum absolute atomic E-state index is 12.9. The molecule has 0 bridgehead atoms. The summed E-state index contributed by atoms with van der Waals surface area (Å²) in [6.45, 7) is 0.420. The lowest BCUT2D eigenvalue weighted by atomic mass is 10.2. The van der Waals surface area contributed by atoms with Gasteiger partial charge < -0.3 is 5.32 Å². The van der Waals surface area contributed by atoms with E-state index in [4.69, 9.17) is 11.6 Å². The topological polar surface area (TPSA) is 29.1 Å². The van der Waals surface area contributed by atoms with Gasteiger partial charge in [0.2, 0.25) is 5.91 Å². The Hall–Kier alpha value is -2.13. The zero-order chi connectivity index (χ0) is 14.4. The molecule has 0 aliphatic carbocycles. The quantitative estimate of drug-likeness (QED) is 0.852. The van der Waals surface area contributed by atoms with Crippen molar-refractivity contribution in [2.24, 2.45) is 0 Å². The normalized spacial score (nSPS) is 10.7. The van der Waals surface area contributed by atoms with E-state index in [2.05, 4.69) is 5.32 Å². The van der Waals surface area contributed by atoms with Crippen molar-refractivity contribution in [3.63, 3.8) is 0 Å². The number of benzene rings is 2. The molecule has 0 heterocycles. The SMILES string of the molecule is O=C(C=Cc1cccc(F)c1)NCc1ccc(Cl)cc1. The van der Waals surface area contributed by atoms with Gasteiger partial charge in [-0.15, -0.1) is 0 Å². The first-order valence-electron chi connectivity index (χ1n) is 6.09. The fraction of sp³-hybridized carbons (Fsp3) is 0.0625. The Bertz CT molecular complexity index is 623. The third-order valence-corrected chi connectivity index (χ3v) is 2.91. The van der Waals surface area contributed by atoms with Crippen LogP contribution < -0.4 is 5.32 Å². The molecule has 0 unspecified atom stereocenters. The Morgan fingerprint density at radius 3 is 2.65 bits per heavy atom. The molecule has 1 N–H and O–H groups in total. The lowest BCUT2D eigenvalue weighted by Gasteiger charge is -2.02. The molecule has 0 spiro atoms. The van der Waals surface area contributed by atoms with E-state index >= 15 is 0 Å². The van der Waals surface area contributed by atoms with Gasteiger partial charge in [-0.1, -0.05) is 35.9 Å². The fourth-order valence-electron chi connectivity index (χ4n) is 1.63. The van der Waals surface area contributed by atoms with E-state index < -0.39 is 0 Å². The molecule has 0 saturated heterocycles. The minimum Gasteiger partial charge on any atom is -0.348 e. The maximum atomic E-state index is 12.9. The minimum atomic E-state index is -0.325. The Morgan fingerprint density at radius 2 is 1.95 bits per heavy atom. The highest BCUT2D eigenvalue weighted by molar-refractivity contribution is 6.30. The van der Waals surface area contributed by atoms with Crippen LogP contribution in [-0.4, -0.2) is 5.91 Å². The van der Waals surface area contributed by atoms with Crippen LogP contribution in [0.5, 0.6) is 0 Å². The van der Waals surface area contributed by atoms with Crippen molar-refractivity contribution < 1.29 is 9.18 Å². The number of rotatable bonds is 4. The van der Waals surface area contributed by atoms with Crippen molar-refractivity contribution in [2.45, 2.75) is 6.54 Å². The van der Waals surface area contributed by atoms with Gasteiger partial charge in [0.15, 0.2) is 0 Å². The summed E-state index contributed by atoms with van der Waals surface area (Å²) in [5.74, 6) is -0.557. The van der Waals surface area contributed by atoms with Gasteiger partial charge in [-0.2, -0.15) is 0 Å². The van der Waals surface area contributed by atoms with Gasteiger partial charge in [-0.05, 0) is 41.5 Å². The van der Waals surface area contributed by atoms with E-state index in [1.807, 2.05) is 12.1 Å². The molecule has 0 fully saturated rings. The lowest BCUT2D eigenvalue weighted by molar-refractivity contribution is -0.116. The predicted molar refractivity (Wildman–Crippen MR) is 78.7 cm³/mol. The fourth-order valence-corrected chi connectivity index (χ4v) is 1.76. The van der Waals surface area contributed by atoms with E-state index in [0.717, 1.165) is 5.56 Å². The van der Waals surface area contributed by atoms with Crippen molar-refractivity contribution in [3.8, 4) is 0 Å². The highest BCUT2D eigenvalue weighted by Gasteiger charge is 1.97. The summed E-state index contributed by atoms with van der Waals surface area (Å²) in [7, 11) is 0. The van der Waals surface area contributed by atoms with Crippen LogP contribution in [0.2, 0.25) is 5.02 Å². The molecule has 0 radical (unpaired) electrons. The number of amides is 1. The number of hydrogen-bond donors (Lipinski definition) is 1. The van der Waals surface area contributed by atoms with Gasteiger partial charge in [0.25, 0.3) is 0 Å². The molecular weight excluding hydrogens is 277 g/mol. The summed E-state index contributed by atoms with van der Waals surface area (Å²) < 4.78 is 12.9. The molecule has 4 heteroatoms. The van der Waals surface area contributed by atoms with Gasteiger partial charge in [0.05, 0.1) is 0 Å². The summed E-state index contributed by atoms with van der Waals surface area (Å²) >= 11 is 5.78. The standard InChI is InChI=1S/C16H13ClFNO/c17-14-7-4-13(5-8-14)11-19-16(20)9-6-12-2-1-3-15(18)10-12/h1-10H,11H2,(H,19,20). The molecule has 2 rings (SSSR count). The van der Waals surface area contributed by atoms with Crippen LogP contribution >= 0.6 is 11.6 Å². The van der Waals surface area contributed by atoms with Crippen LogP contribution in [0, 0.1) is 5.82 Å². The highest BCUT2D eigenvalue weighted by Crippen LogP contribution is 2.09. The molecule has 0 atom stereocenters. The summed E-state index contributed by atoms with van der Waals surface area (Å²) in [4.78, 5) is 11.6. The van der Waals surface area contributed by atoms with Crippen molar-refractivity contribution in [2.75, 3.05) is 0 Å². The third kappa shape index (κ3) is 4.52. The molecule has 20 heavy (non-hydrogen) atoms. The monoisotopic (exact) mass is 289 g/mol. The number of nitrogens with one attached hydrogen (secondary N) is 1. The van der Waals surface area contributed by atoms with Crippen LogP contribution in [0.25, 0.3) is 6.08 Å². The molecule has 102 valence electrons. The van der Waals surface area contributed by atoms with Crippen LogP contribution in [0.1, 0.15) is 11.1 Å². The largest absolute Gasteiger partial charge is 0.348 e. The first-order valence-corrected chi connectivity index (χ1v) is 6.47. The molecule has 0 aliphatic rings. The average Bonchev–Trinajstić information content (AvgIpc) is 2.45. The second-order valence-electron chi connectivity index (χ2n) is 4.23. The van der Waals surface area contributed by atoms with Gasteiger partial charge in [0, 0.05) is 17.6 Å². The first kappa shape index (κ1) is 14.3. The predicted octanol–water partition coefficient (Wildman–Crippen LogP) is 3.81. The van der Waals surface area contributed by atoms with E-state index in [1.54, 1.807) is 30.3 Å². The molecule has 1 amide bonds. The Morgan fingerprint density at radius 1 is 1.20 bits per heavy atom.